The van der Waals surface area contributed by atoms with Crippen molar-refractivity contribution >= 4 is 22.6 Å². The van der Waals surface area contributed by atoms with Crippen molar-refractivity contribution in [1.82, 2.24) is 19.1 Å². The number of rotatable bonds is 4. The summed E-state index contributed by atoms with van der Waals surface area (Å²) in [6.45, 7) is 0. The van der Waals surface area contributed by atoms with E-state index in [0.717, 1.165) is 21.3 Å². The van der Waals surface area contributed by atoms with Crippen molar-refractivity contribution in [1.29, 1.82) is 0 Å². The van der Waals surface area contributed by atoms with Crippen LogP contribution in [0.5, 0.6) is 0 Å². The minimum atomic E-state index is -4.54. The van der Waals surface area contributed by atoms with Gasteiger partial charge in [-0.05, 0) is 23.8 Å². The molecule has 0 bridgehead atoms. The lowest BCUT2D eigenvalue weighted by Crippen LogP contribution is -2.39. The maximum atomic E-state index is 13.1. The van der Waals surface area contributed by atoms with Crippen LogP contribution in [0.3, 0.4) is 0 Å². The molecule has 1 N–H and O–H groups in total. The van der Waals surface area contributed by atoms with Crippen LogP contribution in [0.25, 0.3) is 11.2 Å². The second kappa shape index (κ2) is 8.58. The van der Waals surface area contributed by atoms with Gasteiger partial charge in [0.2, 0.25) is 0 Å². The third-order valence-electron chi connectivity index (χ3n) is 5.26. The maximum absolute atomic E-state index is 13.1. The number of aromatic amines is 1. The van der Waals surface area contributed by atoms with Gasteiger partial charge in [0.05, 0.1) is 17.0 Å². The molecule has 0 aliphatic rings. The molecule has 0 aliphatic heterocycles. The van der Waals surface area contributed by atoms with Gasteiger partial charge in [0, 0.05) is 20.5 Å². The molecule has 0 aliphatic carbocycles. The molecule has 4 rings (SSSR count). The third-order valence-corrected chi connectivity index (χ3v) is 5.26. The maximum Gasteiger partial charge on any atom is 0.416 e. The van der Waals surface area contributed by atoms with Crippen molar-refractivity contribution in [3.05, 3.63) is 103 Å². The average Bonchev–Trinajstić information content (AvgIpc) is 2.82. The summed E-state index contributed by atoms with van der Waals surface area (Å²) in [4.78, 5) is 48.6. The first kappa shape index (κ1) is 22.9. The summed E-state index contributed by atoms with van der Waals surface area (Å²) in [6.07, 6.45) is -4.71. The summed E-state index contributed by atoms with van der Waals surface area (Å²) in [5.41, 5.74) is -2.15. The summed E-state index contributed by atoms with van der Waals surface area (Å²) in [5.74, 6) is 0. The Morgan fingerprint density at radius 2 is 1.71 bits per heavy atom. The molecule has 0 saturated carbocycles. The summed E-state index contributed by atoms with van der Waals surface area (Å²) in [6, 6.07) is 13.1. The van der Waals surface area contributed by atoms with Crippen LogP contribution in [0.2, 0.25) is 0 Å². The number of hydrogen-bond donors (Lipinski definition) is 1. The zero-order chi connectivity index (χ0) is 24.6. The van der Waals surface area contributed by atoms with Gasteiger partial charge >= 0.3 is 11.9 Å². The molecule has 2 heterocycles. The number of aryl methyl sites for hydroxylation is 1. The quantitative estimate of drug-likeness (QED) is 0.465. The van der Waals surface area contributed by atoms with E-state index in [-0.39, 0.29) is 34.7 Å². The van der Waals surface area contributed by atoms with E-state index in [1.807, 2.05) is 0 Å². The van der Waals surface area contributed by atoms with Crippen molar-refractivity contribution < 1.29 is 13.2 Å². The first-order valence-corrected chi connectivity index (χ1v) is 10.1. The second-order valence-corrected chi connectivity index (χ2v) is 7.56. The minimum Gasteiger partial charge on any atom is -0.305 e. The zero-order valence-corrected chi connectivity index (χ0v) is 18.1. The van der Waals surface area contributed by atoms with Crippen LogP contribution in [0.15, 0.2) is 74.0 Å². The third kappa shape index (κ3) is 4.32. The lowest BCUT2D eigenvalue weighted by molar-refractivity contribution is -0.137. The Morgan fingerprint density at radius 3 is 2.38 bits per heavy atom. The topological polar surface area (TPSA) is 102 Å². The Balaban J connectivity index is 1.88. The molecule has 0 radical (unpaired) electrons. The molecular weight excluding hydrogens is 451 g/mol. The van der Waals surface area contributed by atoms with Gasteiger partial charge in [-0.1, -0.05) is 36.4 Å². The highest BCUT2D eigenvalue weighted by Gasteiger charge is 2.30. The van der Waals surface area contributed by atoms with Gasteiger partial charge in [0.15, 0.2) is 5.52 Å². The molecule has 11 heteroatoms. The van der Waals surface area contributed by atoms with Gasteiger partial charge < -0.3 is 4.98 Å². The first-order valence-electron chi connectivity index (χ1n) is 10.1. The number of alkyl halides is 3. The molecule has 34 heavy (non-hydrogen) atoms. The number of nitrogens with zero attached hydrogens (tertiary/aromatic N) is 4. The standard InChI is InChI=1S/C23H18F3N5O3/c1-30-19-18(21(33)31(2)22(30)34)28-17(20(32)29-19)12-16(13-7-4-3-5-8-13)27-15-10-6-9-14(11-15)23(24,25)26/h3-11H,12H2,1-2H3,(H,29,32). The molecule has 0 amide bonds. The Kier molecular flexibility index (Phi) is 5.78. The molecule has 8 nitrogen and oxygen atoms in total. The number of aromatic nitrogens is 4. The van der Waals surface area contributed by atoms with Crippen LogP contribution in [-0.4, -0.2) is 24.8 Å². The summed E-state index contributed by atoms with van der Waals surface area (Å²) < 4.78 is 41.4. The van der Waals surface area contributed by atoms with Crippen molar-refractivity contribution in [3.8, 4) is 0 Å². The number of benzene rings is 2. The fourth-order valence-corrected chi connectivity index (χ4v) is 3.46. The predicted molar refractivity (Wildman–Crippen MR) is 121 cm³/mol. The molecule has 174 valence electrons. The minimum absolute atomic E-state index is 0.0297. The molecular formula is C23H18F3N5O3. The van der Waals surface area contributed by atoms with E-state index in [2.05, 4.69) is 15.0 Å². The molecule has 2 aromatic carbocycles. The lowest BCUT2D eigenvalue weighted by atomic mass is 10.1. The van der Waals surface area contributed by atoms with E-state index in [1.54, 1.807) is 30.3 Å². The number of fused-ring (bicyclic) bond motifs is 1. The van der Waals surface area contributed by atoms with Crippen LogP contribution < -0.4 is 16.8 Å². The van der Waals surface area contributed by atoms with Crippen LogP contribution in [0, 0.1) is 0 Å². The highest BCUT2D eigenvalue weighted by molar-refractivity contribution is 6.03. The fraction of sp³-hybridized carbons (Fsp3) is 0.174. The van der Waals surface area contributed by atoms with E-state index in [0.29, 0.717) is 5.56 Å². The van der Waals surface area contributed by atoms with E-state index in [4.69, 9.17) is 0 Å². The van der Waals surface area contributed by atoms with E-state index >= 15 is 0 Å². The van der Waals surface area contributed by atoms with Crippen LogP contribution in [-0.2, 0) is 26.7 Å². The van der Waals surface area contributed by atoms with Gasteiger partial charge in [-0.15, -0.1) is 0 Å². The van der Waals surface area contributed by atoms with Gasteiger partial charge in [-0.25, -0.2) is 9.78 Å². The molecule has 4 aromatic rings. The van der Waals surface area contributed by atoms with Crippen LogP contribution in [0.4, 0.5) is 18.9 Å². The SMILES string of the molecule is Cn1c(=O)c2nc(CC(=Nc3cccc(C(F)(F)F)c3)c3ccccc3)c(=O)[nH]c2n(C)c1=O. The number of H-pyrrole nitrogens is 1. The number of hydrogen-bond acceptors (Lipinski definition) is 5. The van der Waals surface area contributed by atoms with Gasteiger partial charge in [0.1, 0.15) is 11.3 Å². The van der Waals surface area contributed by atoms with Crippen molar-refractivity contribution in [2.45, 2.75) is 12.6 Å². The molecule has 0 atom stereocenters. The molecule has 0 fully saturated rings. The monoisotopic (exact) mass is 469 g/mol. The van der Waals surface area contributed by atoms with Crippen molar-refractivity contribution in [2.24, 2.45) is 19.1 Å². The number of nitrogens with one attached hydrogen (secondary N) is 1. The Bertz CT molecular complexity index is 1600. The lowest BCUT2D eigenvalue weighted by Gasteiger charge is -2.11. The van der Waals surface area contributed by atoms with Crippen molar-refractivity contribution in [2.75, 3.05) is 0 Å². The Morgan fingerprint density at radius 1 is 1.00 bits per heavy atom. The Hall–Kier alpha value is -4.28. The van der Waals surface area contributed by atoms with Crippen LogP contribution in [0.1, 0.15) is 16.8 Å². The van der Waals surface area contributed by atoms with E-state index in [9.17, 15) is 27.6 Å². The highest BCUT2D eigenvalue weighted by atomic mass is 19.4. The molecule has 0 unspecified atom stereocenters. The first-order chi connectivity index (χ1) is 16.1. The normalized spacial score (nSPS) is 12.3. The van der Waals surface area contributed by atoms with Gasteiger partial charge in [-0.2, -0.15) is 13.2 Å². The molecule has 0 saturated heterocycles. The molecule has 2 aromatic heterocycles. The molecule has 0 spiro atoms. The van der Waals surface area contributed by atoms with E-state index in [1.165, 1.54) is 26.2 Å². The van der Waals surface area contributed by atoms with Gasteiger partial charge in [0.25, 0.3) is 11.1 Å². The number of aliphatic imine (C=N–C) groups is 1. The largest absolute Gasteiger partial charge is 0.416 e. The van der Waals surface area contributed by atoms with E-state index < -0.39 is 28.5 Å². The summed E-state index contributed by atoms with van der Waals surface area (Å²) in [5, 5.41) is 0. The Labute approximate surface area is 189 Å². The number of halogens is 3. The zero-order valence-electron chi connectivity index (χ0n) is 18.1. The average molecular weight is 469 g/mol. The van der Waals surface area contributed by atoms with Crippen molar-refractivity contribution in [3.63, 3.8) is 0 Å². The smallest absolute Gasteiger partial charge is 0.305 e. The summed E-state index contributed by atoms with van der Waals surface area (Å²) >= 11 is 0. The van der Waals surface area contributed by atoms with Gasteiger partial charge in [-0.3, -0.25) is 23.7 Å². The predicted octanol–water partition coefficient (Wildman–Crippen LogP) is 2.70. The van der Waals surface area contributed by atoms with Crippen LogP contribution >= 0.6 is 0 Å². The second-order valence-electron chi connectivity index (χ2n) is 7.56. The fourth-order valence-electron chi connectivity index (χ4n) is 3.46. The highest BCUT2D eigenvalue weighted by Crippen LogP contribution is 2.31. The summed E-state index contributed by atoms with van der Waals surface area (Å²) in [7, 11) is 2.69.